The maximum Gasteiger partial charge on any atom is 0.274 e. The molecule has 8 nitrogen and oxygen atoms in total. The van der Waals surface area contributed by atoms with Gasteiger partial charge in [-0.3, -0.25) is 9.59 Å². The molecule has 1 fully saturated rings. The van der Waals surface area contributed by atoms with Crippen LogP contribution in [0.3, 0.4) is 0 Å². The lowest BCUT2D eigenvalue weighted by Gasteiger charge is -2.34. The normalized spacial score (nSPS) is 13.8. The van der Waals surface area contributed by atoms with Crippen molar-refractivity contribution in [1.29, 1.82) is 5.26 Å². The molecule has 0 radical (unpaired) electrons. The average molecular weight is 350 g/mol. The lowest BCUT2D eigenvalue weighted by Crippen LogP contribution is -2.48. The topological polar surface area (TPSA) is 102 Å². The van der Waals surface area contributed by atoms with E-state index in [1.807, 2.05) is 11.0 Å². The highest BCUT2D eigenvalue weighted by atomic mass is 16.2. The van der Waals surface area contributed by atoms with Gasteiger partial charge in [-0.25, -0.2) is 9.97 Å². The third kappa shape index (κ3) is 3.78. The third-order valence-electron chi connectivity index (χ3n) is 4.18. The molecule has 132 valence electrons. The van der Waals surface area contributed by atoms with Gasteiger partial charge >= 0.3 is 0 Å². The fourth-order valence-electron chi connectivity index (χ4n) is 2.72. The number of piperazine rings is 1. The molecule has 0 spiro atoms. The Bertz CT molecular complexity index is 868. The van der Waals surface area contributed by atoms with Crippen LogP contribution in [0.25, 0.3) is 0 Å². The number of anilines is 2. The second-order valence-electron chi connectivity index (χ2n) is 5.85. The van der Waals surface area contributed by atoms with Crippen molar-refractivity contribution in [2.75, 3.05) is 36.4 Å². The molecule has 2 heterocycles. The minimum atomic E-state index is -0.404. The molecule has 2 aromatic rings. The second kappa shape index (κ2) is 7.61. The van der Waals surface area contributed by atoms with E-state index in [-0.39, 0.29) is 11.6 Å². The minimum absolute atomic E-state index is 0.0508. The van der Waals surface area contributed by atoms with Gasteiger partial charge in [0, 0.05) is 39.3 Å². The molecule has 1 aliphatic heterocycles. The fraction of sp³-hybridized carbons (Fsp3) is 0.278. The molecule has 1 aromatic carbocycles. The average Bonchev–Trinajstić information content (AvgIpc) is 2.68. The van der Waals surface area contributed by atoms with E-state index in [0.29, 0.717) is 43.4 Å². The van der Waals surface area contributed by atoms with Gasteiger partial charge in [0.15, 0.2) is 0 Å². The number of hydrogen-bond donors (Lipinski definition) is 1. The van der Waals surface area contributed by atoms with Crippen LogP contribution in [0.4, 0.5) is 11.6 Å². The van der Waals surface area contributed by atoms with Crippen LogP contribution in [0.1, 0.15) is 23.0 Å². The highest BCUT2D eigenvalue weighted by Gasteiger charge is 2.21. The quantitative estimate of drug-likeness (QED) is 0.894. The Hall–Kier alpha value is -3.47. The minimum Gasteiger partial charge on any atom is -0.339 e. The summed E-state index contributed by atoms with van der Waals surface area (Å²) in [6, 6.07) is 10.3. The second-order valence-corrected chi connectivity index (χ2v) is 5.85. The lowest BCUT2D eigenvalue weighted by atomic mass is 10.2. The number of aromatic nitrogens is 2. The van der Waals surface area contributed by atoms with Gasteiger partial charge in [0.2, 0.25) is 11.9 Å². The van der Waals surface area contributed by atoms with E-state index in [0.717, 1.165) is 0 Å². The number of nitrogens with one attached hydrogen (secondary N) is 1. The Morgan fingerprint density at radius 3 is 2.58 bits per heavy atom. The third-order valence-corrected chi connectivity index (χ3v) is 4.18. The van der Waals surface area contributed by atoms with Crippen LogP contribution in [-0.4, -0.2) is 52.9 Å². The molecular formula is C18H18N6O2. The van der Waals surface area contributed by atoms with Gasteiger partial charge < -0.3 is 15.1 Å². The van der Waals surface area contributed by atoms with Gasteiger partial charge in [-0.15, -0.1) is 0 Å². The van der Waals surface area contributed by atoms with Crippen molar-refractivity contribution >= 4 is 23.5 Å². The van der Waals surface area contributed by atoms with Gasteiger partial charge in [0.25, 0.3) is 5.91 Å². The SMILES string of the molecule is CC(=O)N1CCN(c2nccc(C(=O)Nc3ccccc3C#N)n2)CC1. The summed E-state index contributed by atoms with van der Waals surface area (Å²) in [6.45, 7) is 3.98. The molecule has 0 atom stereocenters. The van der Waals surface area contributed by atoms with Crippen molar-refractivity contribution in [3.05, 3.63) is 47.8 Å². The zero-order chi connectivity index (χ0) is 18.5. The van der Waals surface area contributed by atoms with Gasteiger partial charge in [0.05, 0.1) is 11.3 Å². The molecule has 0 aliphatic carbocycles. The summed E-state index contributed by atoms with van der Waals surface area (Å²) in [4.78, 5) is 36.2. The van der Waals surface area contributed by atoms with E-state index in [4.69, 9.17) is 5.26 Å². The maximum absolute atomic E-state index is 12.5. The predicted octanol–water partition coefficient (Wildman–Crippen LogP) is 1.27. The Morgan fingerprint density at radius 1 is 1.15 bits per heavy atom. The number of carbonyl (C=O) groups is 2. The standard InChI is InChI=1S/C18H18N6O2/c1-13(25)23-8-10-24(11-9-23)18-20-7-6-16(22-18)17(26)21-15-5-3-2-4-14(15)12-19/h2-7H,8-11H2,1H3,(H,21,26). The lowest BCUT2D eigenvalue weighted by molar-refractivity contribution is -0.129. The summed E-state index contributed by atoms with van der Waals surface area (Å²) < 4.78 is 0. The van der Waals surface area contributed by atoms with Crippen LogP contribution >= 0.6 is 0 Å². The molecular weight excluding hydrogens is 332 g/mol. The van der Waals surface area contributed by atoms with Crippen molar-refractivity contribution in [2.24, 2.45) is 0 Å². The summed E-state index contributed by atoms with van der Waals surface area (Å²) >= 11 is 0. The Kier molecular flexibility index (Phi) is 5.08. The van der Waals surface area contributed by atoms with Gasteiger partial charge in [-0.2, -0.15) is 5.26 Å². The number of nitriles is 1. The van der Waals surface area contributed by atoms with Crippen molar-refractivity contribution in [3.63, 3.8) is 0 Å². The zero-order valence-electron chi connectivity index (χ0n) is 14.3. The molecule has 1 N–H and O–H groups in total. The number of carbonyl (C=O) groups excluding carboxylic acids is 2. The summed E-state index contributed by atoms with van der Waals surface area (Å²) in [6.07, 6.45) is 1.53. The molecule has 1 saturated heterocycles. The molecule has 26 heavy (non-hydrogen) atoms. The predicted molar refractivity (Wildman–Crippen MR) is 95.6 cm³/mol. The van der Waals surface area contributed by atoms with Crippen LogP contribution < -0.4 is 10.2 Å². The van der Waals surface area contributed by atoms with E-state index in [2.05, 4.69) is 15.3 Å². The van der Waals surface area contributed by atoms with Crippen molar-refractivity contribution < 1.29 is 9.59 Å². The van der Waals surface area contributed by atoms with E-state index in [1.165, 1.54) is 12.3 Å². The zero-order valence-corrected chi connectivity index (χ0v) is 14.3. The highest BCUT2D eigenvalue weighted by Crippen LogP contribution is 2.16. The Balaban J connectivity index is 1.72. The Labute approximate surface area is 151 Å². The van der Waals surface area contributed by atoms with Crippen LogP contribution in [0, 0.1) is 11.3 Å². The molecule has 0 bridgehead atoms. The summed E-state index contributed by atoms with van der Waals surface area (Å²) in [5, 5.41) is 11.8. The molecule has 3 rings (SSSR count). The van der Waals surface area contributed by atoms with Crippen LogP contribution in [0.2, 0.25) is 0 Å². The van der Waals surface area contributed by atoms with Crippen LogP contribution in [0.15, 0.2) is 36.5 Å². The Morgan fingerprint density at radius 2 is 1.88 bits per heavy atom. The van der Waals surface area contributed by atoms with Crippen LogP contribution in [0.5, 0.6) is 0 Å². The molecule has 0 saturated carbocycles. The fourth-order valence-corrected chi connectivity index (χ4v) is 2.72. The van der Waals surface area contributed by atoms with E-state index < -0.39 is 5.91 Å². The number of nitrogens with zero attached hydrogens (tertiary/aromatic N) is 5. The number of amides is 2. The van der Waals surface area contributed by atoms with Crippen LogP contribution in [-0.2, 0) is 4.79 Å². The summed E-state index contributed by atoms with van der Waals surface area (Å²) in [5.41, 5.74) is 1.04. The largest absolute Gasteiger partial charge is 0.339 e. The van der Waals surface area contributed by atoms with E-state index >= 15 is 0 Å². The number of rotatable bonds is 3. The van der Waals surface area contributed by atoms with Crippen molar-refractivity contribution in [1.82, 2.24) is 14.9 Å². The molecule has 0 unspecified atom stereocenters. The summed E-state index contributed by atoms with van der Waals surface area (Å²) in [7, 11) is 0. The van der Waals surface area contributed by atoms with Gasteiger partial charge in [-0.05, 0) is 18.2 Å². The maximum atomic E-state index is 12.5. The highest BCUT2D eigenvalue weighted by molar-refractivity contribution is 6.03. The molecule has 2 amide bonds. The van der Waals surface area contributed by atoms with Crippen molar-refractivity contribution in [3.8, 4) is 6.07 Å². The van der Waals surface area contributed by atoms with Crippen molar-refractivity contribution in [2.45, 2.75) is 6.92 Å². The summed E-state index contributed by atoms with van der Waals surface area (Å²) in [5.74, 6) is 0.1000. The first kappa shape index (κ1) is 17.4. The first-order chi connectivity index (χ1) is 12.6. The first-order valence-electron chi connectivity index (χ1n) is 8.22. The van der Waals surface area contributed by atoms with E-state index in [9.17, 15) is 9.59 Å². The number of benzene rings is 1. The number of para-hydroxylation sites is 1. The first-order valence-corrected chi connectivity index (χ1v) is 8.22. The molecule has 1 aliphatic rings. The van der Waals surface area contributed by atoms with Gasteiger partial charge in [-0.1, -0.05) is 12.1 Å². The number of hydrogen-bond acceptors (Lipinski definition) is 6. The smallest absolute Gasteiger partial charge is 0.274 e. The molecule has 8 heteroatoms. The molecule has 1 aromatic heterocycles. The monoisotopic (exact) mass is 350 g/mol. The van der Waals surface area contributed by atoms with Gasteiger partial charge in [0.1, 0.15) is 11.8 Å². The van der Waals surface area contributed by atoms with E-state index in [1.54, 1.807) is 36.1 Å².